The highest BCUT2D eigenvalue weighted by atomic mass is 14.6. The van der Waals surface area contributed by atoms with Crippen LogP contribution < -0.4 is 0 Å². The first kappa shape index (κ1) is 22.3. The molecule has 4 aromatic rings. The topological polar surface area (TPSA) is 28.1 Å². The van der Waals surface area contributed by atoms with Gasteiger partial charge in [-0.2, -0.15) is 5.26 Å². The molecule has 0 unspecified atom stereocenters. The van der Waals surface area contributed by atoms with Gasteiger partial charge in [-0.3, -0.25) is 0 Å². The molecule has 0 radical (unpaired) electrons. The third-order valence-electron chi connectivity index (χ3n) is 5.34. The molecule has 0 fully saturated rings. The van der Waals surface area contributed by atoms with Crippen LogP contribution in [0.2, 0.25) is 0 Å². The highest BCUT2D eigenvalue weighted by molar-refractivity contribution is 5.75. The van der Waals surface area contributed by atoms with Crippen molar-refractivity contribution in [3.05, 3.63) is 147 Å². The summed E-state index contributed by atoms with van der Waals surface area (Å²) in [5.41, 5.74) is 8.01. The zero-order chi connectivity index (χ0) is 23.6. The van der Waals surface area contributed by atoms with Crippen molar-refractivity contribution in [2.75, 3.05) is 0 Å². The van der Waals surface area contributed by atoms with Crippen molar-refractivity contribution in [2.45, 2.75) is 0 Å². The average molecular weight is 435 g/mol. The van der Waals surface area contributed by atoms with Gasteiger partial charge in [0.05, 0.1) is 18.2 Å². The Morgan fingerprint density at radius 2 is 0.735 bits per heavy atom. The molecule has 4 rings (SSSR count). The highest BCUT2D eigenvalue weighted by Crippen LogP contribution is 2.17. The van der Waals surface area contributed by atoms with Crippen LogP contribution in [0, 0.1) is 17.9 Å². The number of nitriles is 1. The van der Waals surface area contributed by atoms with Gasteiger partial charge in [-0.15, -0.1) is 0 Å². The Morgan fingerprint density at radius 1 is 0.471 bits per heavy atom. The van der Waals surface area contributed by atoms with Gasteiger partial charge in [-0.05, 0) is 45.5 Å². The SMILES string of the molecule is [C-]#[N+]c1ccc(/C=C/c2ccc(/C=C/c3ccc(/C=C/c4ccc(C#N)cc4)cc3)cc2)cc1. The normalized spacial score (nSPS) is 11.1. The molecular formula is C32H22N2. The minimum absolute atomic E-state index is 0.655. The Balaban J connectivity index is 1.34. The summed E-state index contributed by atoms with van der Waals surface area (Å²) in [5.74, 6) is 0. The molecule has 2 nitrogen and oxygen atoms in total. The summed E-state index contributed by atoms with van der Waals surface area (Å²) in [5, 5.41) is 8.88. The summed E-state index contributed by atoms with van der Waals surface area (Å²) in [6.07, 6.45) is 12.5. The number of hydrogen-bond donors (Lipinski definition) is 0. The lowest BCUT2D eigenvalue weighted by Gasteiger charge is -1.99. The standard InChI is InChI=1S/C32H22N2/c1-34-32-22-20-30(21-23-32)15-14-28-10-8-26(9-11-28)3-2-25-4-6-27(7-5-25)12-13-29-16-18-31(24-33)19-17-29/h2-23H/b3-2+,13-12+,15-14+. The van der Waals surface area contributed by atoms with Crippen molar-refractivity contribution in [1.29, 1.82) is 5.26 Å². The van der Waals surface area contributed by atoms with Crippen LogP contribution in [-0.4, -0.2) is 0 Å². The number of hydrogen-bond acceptors (Lipinski definition) is 1. The maximum Gasteiger partial charge on any atom is 0.187 e. The quantitative estimate of drug-likeness (QED) is 0.220. The molecule has 34 heavy (non-hydrogen) atoms. The molecule has 0 saturated carbocycles. The molecule has 0 aromatic heterocycles. The van der Waals surface area contributed by atoms with E-state index in [2.05, 4.69) is 89.8 Å². The molecule has 4 aromatic carbocycles. The van der Waals surface area contributed by atoms with Crippen molar-refractivity contribution in [2.24, 2.45) is 0 Å². The Bertz CT molecular complexity index is 1290. The third-order valence-corrected chi connectivity index (χ3v) is 5.34. The van der Waals surface area contributed by atoms with Gasteiger partial charge in [0.15, 0.2) is 5.69 Å². The van der Waals surface area contributed by atoms with E-state index >= 15 is 0 Å². The van der Waals surface area contributed by atoms with Gasteiger partial charge in [-0.1, -0.05) is 121 Å². The van der Waals surface area contributed by atoms with E-state index in [9.17, 15) is 0 Å². The van der Waals surface area contributed by atoms with Crippen molar-refractivity contribution < 1.29 is 0 Å². The zero-order valence-electron chi connectivity index (χ0n) is 18.6. The van der Waals surface area contributed by atoms with E-state index < -0.39 is 0 Å². The van der Waals surface area contributed by atoms with Crippen LogP contribution in [0.3, 0.4) is 0 Å². The van der Waals surface area contributed by atoms with E-state index in [0.717, 1.165) is 33.4 Å². The van der Waals surface area contributed by atoms with Crippen LogP contribution in [0.5, 0.6) is 0 Å². The zero-order valence-corrected chi connectivity index (χ0v) is 18.6. The maximum atomic E-state index is 8.88. The van der Waals surface area contributed by atoms with E-state index in [1.54, 1.807) is 0 Å². The fourth-order valence-electron chi connectivity index (χ4n) is 3.34. The van der Waals surface area contributed by atoms with Gasteiger partial charge >= 0.3 is 0 Å². The lowest BCUT2D eigenvalue weighted by molar-refractivity contribution is 1.48. The smallest absolute Gasteiger partial charge is 0.187 e. The van der Waals surface area contributed by atoms with Crippen molar-refractivity contribution in [3.63, 3.8) is 0 Å². The molecule has 0 bridgehead atoms. The van der Waals surface area contributed by atoms with Crippen molar-refractivity contribution >= 4 is 42.1 Å². The second-order valence-electron chi connectivity index (χ2n) is 7.77. The summed E-state index contributed by atoms with van der Waals surface area (Å²) < 4.78 is 0. The highest BCUT2D eigenvalue weighted by Gasteiger charge is 1.94. The summed E-state index contributed by atoms with van der Waals surface area (Å²) in [7, 11) is 0. The monoisotopic (exact) mass is 434 g/mol. The molecule has 0 aliphatic heterocycles. The van der Waals surface area contributed by atoms with Crippen LogP contribution in [-0.2, 0) is 0 Å². The number of rotatable bonds is 6. The second-order valence-corrected chi connectivity index (χ2v) is 7.77. The van der Waals surface area contributed by atoms with Gasteiger partial charge in [0.1, 0.15) is 0 Å². The third kappa shape index (κ3) is 6.30. The molecule has 0 heterocycles. The maximum absolute atomic E-state index is 8.88. The molecule has 0 amide bonds. The molecule has 0 atom stereocenters. The first-order valence-electron chi connectivity index (χ1n) is 10.9. The first-order valence-corrected chi connectivity index (χ1v) is 10.9. The van der Waals surface area contributed by atoms with Gasteiger partial charge in [-0.25, -0.2) is 4.85 Å². The van der Waals surface area contributed by atoms with Crippen LogP contribution in [0.15, 0.2) is 97.1 Å². The Labute approximate surface area is 200 Å². The summed E-state index contributed by atoms with van der Waals surface area (Å²) in [4.78, 5) is 3.42. The molecule has 2 heteroatoms. The lowest BCUT2D eigenvalue weighted by atomic mass is 10.1. The van der Waals surface area contributed by atoms with Crippen LogP contribution in [0.4, 0.5) is 5.69 Å². The molecule has 0 aliphatic rings. The van der Waals surface area contributed by atoms with E-state index in [-0.39, 0.29) is 0 Å². The first-order chi connectivity index (χ1) is 16.7. The Hall–Kier alpha value is -4.92. The Morgan fingerprint density at radius 3 is 1.00 bits per heavy atom. The predicted octanol–water partition coefficient (Wildman–Crippen LogP) is 8.62. The van der Waals surface area contributed by atoms with E-state index in [1.807, 2.05) is 54.6 Å². The second kappa shape index (κ2) is 11.1. The van der Waals surface area contributed by atoms with E-state index in [4.69, 9.17) is 11.8 Å². The fraction of sp³-hybridized carbons (Fsp3) is 0. The summed E-state index contributed by atoms with van der Waals surface area (Å²) in [6.45, 7) is 7.02. The Kier molecular flexibility index (Phi) is 7.27. The lowest BCUT2D eigenvalue weighted by Crippen LogP contribution is -1.78. The minimum Gasteiger partial charge on any atom is -0.238 e. The number of nitrogens with zero attached hydrogens (tertiary/aromatic N) is 2. The molecular weight excluding hydrogens is 412 g/mol. The fourth-order valence-corrected chi connectivity index (χ4v) is 3.34. The molecule has 0 spiro atoms. The van der Waals surface area contributed by atoms with Gasteiger partial charge < -0.3 is 0 Å². The predicted molar refractivity (Wildman–Crippen MR) is 144 cm³/mol. The number of benzene rings is 4. The van der Waals surface area contributed by atoms with Gasteiger partial charge in [0.2, 0.25) is 0 Å². The largest absolute Gasteiger partial charge is 0.238 e. The molecule has 0 N–H and O–H groups in total. The summed E-state index contributed by atoms with van der Waals surface area (Å²) >= 11 is 0. The van der Waals surface area contributed by atoms with E-state index in [0.29, 0.717) is 11.3 Å². The van der Waals surface area contributed by atoms with Crippen LogP contribution in [0.1, 0.15) is 38.9 Å². The minimum atomic E-state index is 0.655. The van der Waals surface area contributed by atoms with Gasteiger partial charge in [0.25, 0.3) is 0 Å². The average Bonchev–Trinajstić information content (AvgIpc) is 2.91. The summed E-state index contributed by atoms with van der Waals surface area (Å²) in [6, 6.07) is 34.0. The van der Waals surface area contributed by atoms with Crippen molar-refractivity contribution in [1.82, 2.24) is 0 Å². The van der Waals surface area contributed by atoms with Crippen LogP contribution in [0.25, 0.3) is 41.3 Å². The van der Waals surface area contributed by atoms with Crippen molar-refractivity contribution in [3.8, 4) is 6.07 Å². The van der Waals surface area contributed by atoms with Crippen LogP contribution >= 0.6 is 0 Å². The van der Waals surface area contributed by atoms with E-state index in [1.165, 1.54) is 0 Å². The van der Waals surface area contributed by atoms with Gasteiger partial charge in [0, 0.05) is 0 Å². The molecule has 0 saturated heterocycles. The molecule has 160 valence electrons. The molecule has 0 aliphatic carbocycles.